The average Bonchev–Trinajstić information content (AvgIpc) is 3.46. The van der Waals surface area contributed by atoms with Crippen molar-refractivity contribution in [2.24, 2.45) is 4.36 Å². The highest BCUT2D eigenvalue weighted by molar-refractivity contribution is 7.95. The lowest BCUT2D eigenvalue weighted by molar-refractivity contribution is -0.0785. The van der Waals surface area contributed by atoms with Gasteiger partial charge in [-0.2, -0.15) is 5.26 Å². The Morgan fingerprint density at radius 2 is 1.94 bits per heavy atom. The first-order valence-corrected chi connectivity index (χ1v) is 13.4. The maximum Gasteiger partial charge on any atom is 0.331 e. The van der Waals surface area contributed by atoms with Gasteiger partial charge in [0.15, 0.2) is 9.92 Å². The number of hydrogen-bond acceptors (Lipinski definition) is 6. The summed E-state index contributed by atoms with van der Waals surface area (Å²) in [4.78, 5) is 15.3. The summed E-state index contributed by atoms with van der Waals surface area (Å²) in [5, 5.41) is 13.6. The Morgan fingerprint density at radius 3 is 2.55 bits per heavy atom. The molecule has 2 aliphatic carbocycles. The van der Waals surface area contributed by atoms with Gasteiger partial charge >= 0.3 is 6.03 Å². The highest BCUT2D eigenvalue weighted by Crippen LogP contribution is 2.38. The van der Waals surface area contributed by atoms with Crippen LogP contribution in [-0.2, 0) is 40.3 Å². The van der Waals surface area contributed by atoms with Crippen LogP contribution in [0.15, 0.2) is 21.9 Å². The van der Waals surface area contributed by atoms with E-state index in [2.05, 4.69) is 32.3 Å². The number of nitrogens with one attached hydrogen (secondary N) is 2. The zero-order valence-corrected chi connectivity index (χ0v) is 19.9. The third kappa shape index (κ3) is 4.27. The van der Waals surface area contributed by atoms with Crippen molar-refractivity contribution in [3.8, 4) is 6.19 Å². The van der Waals surface area contributed by atoms with Crippen molar-refractivity contribution >= 4 is 21.6 Å². The van der Waals surface area contributed by atoms with Gasteiger partial charge in [0.1, 0.15) is 0 Å². The number of nitriles is 1. The third-order valence-corrected chi connectivity index (χ3v) is 8.87. The molecule has 0 saturated carbocycles. The lowest BCUT2D eigenvalue weighted by Crippen LogP contribution is -2.55. The monoisotopic (exact) mass is 469 g/mol. The average molecular weight is 470 g/mol. The Kier molecular flexibility index (Phi) is 5.93. The number of fused-ring (bicyclic) bond motifs is 2. The molecule has 5 rings (SSSR count). The zero-order chi connectivity index (χ0) is 23.1. The fraction of sp³-hybridized carbons (Fsp3) is 0.583. The van der Waals surface area contributed by atoms with E-state index in [4.69, 9.17) is 4.74 Å². The minimum atomic E-state index is -3.39. The smallest absolute Gasteiger partial charge is 0.331 e. The molecule has 1 aromatic carbocycles. The van der Waals surface area contributed by atoms with Crippen LogP contribution in [0, 0.1) is 11.5 Å². The molecule has 2 heterocycles. The number of hydrogen-bond donors (Lipinski definition) is 2. The number of ether oxygens (including phenoxy) is 1. The molecule has 4 aliphatic rings. The van der Waals surface area contributed by atoms with E-state index < -0.39 is 15.9 Å². The van der Waals surface area contributed by atoms with Crippen LogP contribution in [0.2, 0.25) is 0 Å². The molecule has 2 N–H and O–H groups in total. The largest absolute Gasteiger partial charge is 0.378 e. The molecular weight excluding hydrogens is 438 g/mol. The van der Waals surface area contributed by atoms with E-state index in [0.29, 0.717) is 19.3 Å². The van der Waals surface area contributed by atoms with Gasteiger partial charge in [0, 0.05) is 16.6 Å². The van der Waals surface area contributed by atoms with Crippen LogP contribution in [0.3, 0.4) is 0 Å². The molecule has 0 spiro atoms. The van der Waals surface area contributed by atoms with Crippen molar-refractivity contribution < 1.29 is 13.7 Å². The van der Waals surface area contributed by atoms with Gasteiger partial charge in [-0.3, -0.25) is 4.90 Å². The number of anilines is 1. The number of aryl methyl sites for hydroxylation is 2. The van der Waals surface area contributed by atoms with Crippen molar-refractivity contribution in [1.82, 2.24) is 9.62 Å². The van der Waals surface area contributed by atoms with Gasteiger partial charge in [0.2, 0.25) is 6.19 Å². The van der Waals surface area contributed by atoms with Crippen molar-refractivity contribution in [3.05, 3.63) is 39.8 Å². The quantitative estimate of drug-likeness (QED) is 0.643. The maximum absolute atomic E-state index is 13.4. The van der Waals surface area contributed by atoms with Gasteiger partial charge in [-0.25, -0.2) is 13.7 Å². The molecule has 2 fully saturated rings. The Bertz CT molecular complexity index is 1130. The first-order chi connectivity index (χ1) is 15.9. The summed E-state index contributed by atoms with van der Waals surface area (Å²) in [5.74, 6) is 0. The second-order valence-electron chi connectivity index (χ2n) is 9.70. The first-order valence-electron chi connectivity index (χ1n) is 11.8. The van der Waals surface area contributed by atoms with Gasteiger partial charge in [-0.1, -0.05) is 16.5 Å². The molecular formula is C24H31N5O3S. The van der Waals surface area contributed by atoms with Gasteiger partial charge in [0.25, 0.3) is 0 Å². The van der Waals surface area contributed by atoms with E-state index in [0.717, 1.165) is 63.6 Å². The van der Waals surface area contributed by atoms with Crippen LogP contribution in [0.25, 0.3) is 0 Å². The second kappa shape index (κ2) is 8.75. The fourth-order valence-electron chi connectivity index (χ4n) is 5.81. The highest BCUT2D eigenvalue weighted by Gasteiger charge is 2.41. The summed E-state index contributed by atoms with van der Waals surface area (Å²) < 4.78 is 24.9. The molecule has 0 radical (unpaired) electrons. The Balaban J connectivity index is 1.36. The highest BCUT2D eigenvalue weighted by atomic mass is 32.2. The molecule has 1 aromatic rings. The summed E-state index contributed by atoms with van der Waals surface area (Å²) in [6.07, 6.45) is 11.5. The van der Waals surface area contributed by atoms with E-state index >= 15 is 0 Å². The first kappa shape index (κ1) is 22.4. The van der Waals surface area contributed by atoms with E-state index in [1.165, 1.54) is 27.7 Å². The van der Waals surface area contributed by atoms with Crippen LogP contribution >= 0.6 is 0 Å². The summed E-state index contributed by atoms with van der Waals surface area (Å²) >= 11 is 0. The van der Waals surface area contributed by atoms with Crippen LogP contribution in [0.1, 0.15) is 54.9 Å². The molecule has 1 unspecified atom stereocenters. The van der Waals surface area contributed by atoms with E-state index in [9.17, 15) is 14.3 Å². The molecule has 33 heavy (non-hydrogen) atoms. The predicted octanol–water partition coefficient (Wildman–Crippen LogP) is 3.42. The standard InChI is InChI=1S/C24H31N5O3S/c1-24(9-4-11-29(24)19-14-32-15-19)10-12-33(31,26-16-25)28-23(30)27-22-20-7-2-5-17(20)13-18-6-3-8-21(18)22/h10,12-13,19H,2-9,11,14-15H2,1H3,(H2,26,27,28,30,31)/b12-10+/t24-,33?/m0/s1. The Morgan fingerprint density at radius 1 is 1.24 bits per heavy atom. The Labute approximate surface area is 195 Å². The van der Waals surface area contributed by atoms with Crippen molar-refractivity contribution in [1.29, 1.82) is 5.26 Å². The number of nitrogens with zero attached hydrogens (tertiary/aromatic N) is 3. The molecule has 2 saturated heterocycles. The zero-order valence-electron chi connectivity index (χ0n) is 19.1. The van der Waals surface area contributed by atoms with E-state index in [1.54, 1.807) is 6.19 Å². The minimum Gasteiger partial charge on any atom is -0.378 e. The molecule has 8 nitrogen and oxygen atoms in total. The number of urea groups is 1. The predicted molar refractivity (Wildman–Crippen MR) is 127 cm³/mol. The summed E-state index contributed by atoms with van der Waals surface area (Å²) in [6, 6.07) is 2.06. The number of amides is 2. The molecule has 0 bridgehead atoms. The number of carbonyl (C=O) groups excluding carboxylic acids is 1. The topological polar surface area (TPSA) is 107 Å². The van der Waals surface area contributed by atoms with Crippen molar-refractivity contribution in [2.75, 3.05) is 25.1 Å². The lowest BCUT2D eigenvalue weighted by Gasteiger charge is -2.43. The second-order valence-corrected chi connectivity index (χ2v) is 11.5. The molecule has 9 heteroatoms. The third-order valence-electron chi connectivity index (χ3n) is 7.54. The minimum absolute atomic E-state index is 0.304. The SMILES string of the molecule is C[C@@]1(/C=C/S(=O)(=NC#N)NC(=O)Nc2c3c(cc4c2CCC4)CCC3)CCCN1C1COC1. The number of likely N-dealkylation sites (tertiary alicyclic amines) is 1. The fourth-order valence-corrected chi connectivity index (χ4v) is 6.90. The molecule has 2 atom stereocenters. The molecule has 176 valence electrons. The summed E-state index contributed by atoms with van der Waals surface area (Å²) in [7, 11) is -3.39. The number of rotatable bonds is 5. The van der Waals surface area contributed by atoms with Crippen molar-refractivity contribution in [3.63, 3.8) is 0 Å². The van der Waals surface area contributed by atoms with Gasteiger partial charge < -0.3 is 10.1 Å². The lowest BCUT2D eigenvalue weighted by atomic mass is 9.97. The van der Waals surface area contributed by atoms with Crippen LogP contribution in [0.5, 0.6) is 0 Å². The summed E-state index contributed by atoms with van der Waals surface area (Å²) in [6.45, 7) is 4.45. The van der Waals surface area contributed by atoms with Gasteiger partial charge in [-0.15, -0.1) is 0 Å². The van der Waals surface area contributed by atoms with Crippen molar-refractivity contribution in [2.45, 2.75) is 69.9 Å². The van der Waals surface area contributed by atoms with E-state index in [1.807, 2.05) is 6.08 Å². The molecule has 2 aliphatic heterocycles. The van der Waals surface area contributed by atoms with Crippen LogP contribution in [0.4, 0.5) is 10.5 Å². The molecule has 0 aromatic heterocycles. The van der Waals surface area contributed by atoms with Gasteiger partial charge in [-0.05, 0) is 87.1 Å². The van der Waals surface area contributed by atoms with Gasteiger partial charge in [0.05, 0.1) is 19.3 Å². The maximum atomic E-state index is 13.4. The van der Waals surface area contributed by atoms with Crippen LogP contribution < -0.4 is 10.0 Å². The normalized spacial score (nSPS) is 26.3. The number of benzene rings is 1. The number of carbonyl (C=O) groups is 1. The summed E-state index contributed by atoms with van der Waals surface area (Å²) in [5.41, 5.74) is 5.58. The Hall–Kier alpha value is -2.41. The molecule has 2 amide bonds. The van der Waals surface area contributed by atoms with E-state index in [-0.39, 0.29) is 5.54 Å². The van der Waals surface area contributed by atoms with Crippen LogP contribution in [-0.4, -0.2) is 46.5 Å².